The van der Waals surface area contributed by atoms with Crippen LogP contribution in [0.3, 0.4) is 0 Å². The van der Waals surface area contributed by atoms with E-state index in [-0.39, 0.29) is 11.9 Å². The summed E-state index contributed by atoms with van der Waals surface area (Å²) < 4.78 is 13.5. The average Bonchev–Trinajstić information content (AvgIpc) is 2.74. The zero-order chi connectivity index (χ0) is 14.3. The lowest BCUT2D eigenvalue weighted by Crippen LogP contribution is -2.26. The Kier molecular flexibility index (Phi) is 3.22. The third kappa shape index (κ3) is 2.08. The third-order valence-electron chi connectivity index (χ3n) is 3.95. The molecule has 0 fully saturated rings. The number of hydrogen-bond acceptors (Lipinski definition) is 2. The second-order valence-electron chi connectivity index (χ2n) is 5.54. The van der Waals surface area contributed by atoms with Gasteiger partial charge >= 0.3 is 0 Å². The van der Waals surface area contributed by atoms with Gasteiger partial charge in [-0.1, -0.05) is 18.2 Å². The smallest absolute Gasteiger partial charge is 0.123 e. The van der Waals surface area contributed by atoms with Gasteiger partial charge in [0.2, 0.25) is 0 Å². The van der Waals surface area contributed by atoms with E-state index in [0.717, 1.165) is 17.7 Å². The summed E-state index contributed by atoms with van der Waals surface area (Å²) in [5.41, 5.74) is 10.4. The Bertz CT molecular complexity index is 637. The monoisotopic (exact) mass is 270 g/mol. The summed E-state index contributed by atoms with van der Waals surface area (Å²) in [5.74, 6) is -0.235. The van der Waals surface area contributed by atoms with Crippen LogP contribution in [0.2, 0.25) is 0 Å². The van der Waals surface area contributed by atoms with E-state index in [4.69, 9.17) is 5.73 Å². The SMILES string of the molecule is CC1Cc2ccccc2N1c1ccc(F)cc1[C@H](C)N. The molecule has 2 atom stereocenters. The van der Waals surface area contributed by atoms with Gasteiger partial charge in [-0.25, -0.2) is 4.39 Å². The molecule has 1 heterocycles. The number of nitrogens with zero attached hydrogens (tertiary/aromatic N) is 1. The molecule has 0 bridgehead atoms. The van der Waals surface area contributed by atoms with Crippen LogP contribution in [-0.2, 0) is 6.42 Å². The van der Waals surface area contributed by atoms with E-state index in [9.17, 15) is 4.39 Å². The van der Waals surface area contributed by atoms with Crippen molar-refractivity contribution in [3.63, 3.8) is 0 Å². The van der Waals surface area contributed by atoms with Crippen molar-refractivity contribution >= 4 is 11.4 Å². The molecule has 0 aliphatic carbocycles. The zero-order valence-electron chi connectivity index (χ0n) is 11.8. The Balaban J connectivity index is 2.14. The fraction of sp³-hybridized carbons (Fsp3) is 0.294. The highest BCUT2D eigenvalue weighted by atomic mass is 19.1. The van der Waals surface area contributed by atoms with Crippen molar-refractivity contribution in [3.05, 3.63) is 59.4 Å². The number of fused-ring (bicyclic) bond motifs is 1. The molecule has 2 nitrogen and oxygen atoms in total. The number of anilines is 2. The Morgan fingerprint density at radius 3 is 2.70 bits per heavy atom. The minimum Gasteiger partial charge on any atom is -0.338 e. The molecule has 2 aromatic rings. The normalized spacial score (nSPS) is 19.0. The molecule has 0 saturated heterocycles. The molecule has 2 N–H and O–H groups in total. The average molecular weight is 270 g/mol. The number of rotatable bonds is 2. The lowest BCUT2D eigenvalue weighted by molar-refractivity contribution is 0.621. The Hall–Kier alpha value is -1.87. The fourth-order valence-corrected chi connectivity index (χ4v) is 3.04. The van der Waals surface area contributed by atoms with Crippen molar-refractivity contribution in [2.75, 3.05) is 4.90 Å². The number of nitrogens with two attached hydrogens (primary N) is 1. The Labute approximate surface area is 119 Å². The first kappa shape index (κ1) is 13.1. The van der Waals surface area contributed by atoms with Gasteiger partial charge in [-0.15, -0.1) is 0 Å². The molecular formula is C17H19FN2. The maximum atomic E-state index is 13.5. The maximum absolute atomic E-state index is 13.5. The van der Waals surface area contributed by atoms with Gasteiger partial charge in [0, 0.05) is 23.5 Å². The molecule has 104 valence electrons. The lowest BCUT2D eigenvalue weighted by atomic mass is 10.0. The van der Waals surface area contributed by atoms with E-state index in [2.05, 4.69) is 30.0 Å². The number of para-hydroxylation sites is 1. The molecule has 0 spiro atoms. The number of hydrogen-bond donors (Lipinski definition) is 1. The lowest BCUT2D eigenvalue weighted by Gasteiger charge is -2.28. The highest BCUT2D eigenvalue weighted by molar-refractivity contribution is 5.73. The largest absolute Gasteiger partial charge is 0.338 e. The molecular weight excluding hydrogens is 251 g/mol. The summed E-state index contributed by atoms with van der Waals surface area (Å²) in [6.07, 6.45) is 1.01. The van der Waals surface area contributed by atoms with Gasteiger partial charge < -0.3 is 10.6 Å². The van der Waals surface area contributed by atoms with Crippen LogP contribution >= 0.6 is 0 Å². The molecule has 1 aliphatic heterocycles. The topological polar surface area (TPSA) is 29.3 Å². The summed E-state index contributed by atoms with van der Waals surface area (Å²) in [7, 11) is 0. The highest BCUT2D eigenvalue weighted by Gasteiger charge is 2.28. The van der Waals surface area contributed by atoms with Crippen molar-refractivity contribution in [2.24, 2.45) is 5.73 Å². The predicted octanol–water partition coefficient (Wildman–Crippen LogP) is 3.93. The molecule has 0 amide bonds. The van der Waals surface area contributed by atoms with Crippen molar-refractivity contribution in [1.29, 1.82) is 0 Å². The van der Waals surface area contributed by atoms with Gasteiger partial charge in [0.15, 0.2) is 0 Å². The number of benzene rings is 2. The van der Waals surface area contributed by atoms with Gasteiger partial charge in [-0.2, -0.15) is 0 Å². The van der Waals surface area contributed by atoms with Crippen LogP contribution in [-0.4, -0.2) is 6.04 Å². The standard InChI is InChI=1S/C17H19FN2/c1-11-9-13-5-3-4-6-16(13)20(11)17-8-7-14(18)10-15(17)12(2)19/h3-8,10-12H,9,19H2,1-2H3/t11?,12-/m0/s1. The van der Waals surface area contributed by atoms with Gasteiger partial charge in [0.1, 0.15) is 5.82 Å². The van der Waals surface area contributed by atoms with Gasteiger partial charge in [-0.3, -0.25) is 0 Å². The molecule has 3 heteroatoms. The molecule has 2 aromatic carbocycles. The highest BCUT2D eigenvalue weighted by Crippen LogP contribution is 2.40. The summed E-state index contributed by atoms with van der Waals surface area (Å²) in [5, 5.41) is 0. The van der Waals surface area contributed by atoms with Crippen LogP contribution < -0.4 is 10.6 Å². The van der Waals surface area contributed by atoms with Gasteiger partial charge in [0.05, 0.1) is 0 Å². The Morgan fingerprint density at radius 1 is 1.20 bits per heavy atom. The van der Waals surface area contributed by atoms with Crippen molar-refractivity contribution < 1.29 is 4.39 Å². The van der Waals surface area contributed by atoms with Crippen LogP contribution in [0, 0.1) is 5.82 Å². The molecule has 0 radical (unpaired) electrons. The minimum absolute atomic E-state index is 0.194. The first-order valence-electron chi connectivity index (χ1n) is 7.00. The quantitative estimate of drug-likeness (QED) is 0.896. The molecule has 0 saturated carbocycles. The number of halogens is 1. The van der Waals surface area contributed by atoms with Crippen molar-refractivity contribution in [3.8, 4) is 0 Å². The van der Waals surface area contributed by atoms with E-state index in [1.807, 2.05) is 19.1 Å². The molecule has 0 aromatic heterocycles. The fourth-order valence-electron chi connectivity index (χ4n) is 3.04. The second-order valence-corrected chi connectivity index (χ2v) is 5.54. The van der Waals surface area contributed by atoms with Crippen LogP contribution in [0.4, 0.5) is 15.8 Å². The van der Waals surface area contributed by atoms with Crippen LogP contribution in [0.1, 0.15) is 31.0 Å². The van der Waals surface area contributed by atoms with E-state index in [1.165, 1.54) is 17.3 Å². The van der Waals surface area contributed by atoms with E-state index < -0.39 is 0 Å². The molecule has 1 unspecified atom stereocenters. The second kappa shape index (κ2) is 4.91. The first-order valence-corrected chi connectivity index (χ1v) is 7.00. The van der Waals surface area contributed by atoms with Crippen LogP contribution in [0.25, 0.3) is 0 Å². The summed E-state index contributed by atoms with van der Waals surface area (Å²) in [6.45, 7) is 4.08. The summed E-state index contributed by atoms with van der Waals surface area (Å²) in [4.78, 5) is 2.27. The molecule has 20 heavy (non-hydrogen) atoms. The predicted molar refractivity (Wildman–Crippen MR) is 80.7 cm³/mol. The minimum atomic E-state index is -0.235. The first-order chi connectivity index (χ1) is 9.58. The van der Waals surface area contributed by atoms with Crippen molar-refractivity contribution in [2.45, 2.75) is 32.4 Å². The van der Waals surface area contributed by atoms with Gasteiger partial charge in [-0.05, 0) is 55.7 Å². The van der Waals surface area contributed by atoms with Crippen LogP contribution in [0.15, 0.2) is 42.5 Å². The summed E-state index contributed by atoms with van der Waals surface area (Å²) in [6, 6.07) is 13.4. The van der Waals surface area contributed by atoms with E-state index in [0.29, 0.717) is 6.04 Å². The Morgan fingerprint density at radius 2 is 1.95 bits per heavy atom. The van der Waals surface area contributed by atoms with Crippen LogP contribution in [0.5, 0.6) is 0 Å². The molecule has 3 rings (SSSR count). The van der Waals surface area contributed by atoms with Crippen molar-refractivity contribution in [1.82, 2.24) is 0 Å². The maximum Gasteiger partial charge on any atom is 0.123 e. The van der Waals surface area contributed by atoms with Gasteiger partial charge in [0.25, 0.3) is 0 Å². The van der Waals surface area contributed by atoms with E-state index in [1.54, 1.807) is 6.07 Å². The third-order valence-corrected chi connectivity index (χ3v) is 3.95. The molecule has 1 aliphatic rings. The van der Waals surface area contributed by atoms with E-state index >= 15 is 0 Å². The summed E-state index contributed by atoms with van der Waals surface area (Å²) >= 11 is 0. The zero-order valence-corrected chi connectivity index (χ0v) is 11.8.